The molecule has 1 aliphatic heterocycles. The fourth-order valence-electron chi connectivity index (χ4n) is 2.97. The van der Waals surface area contributed by atoms with Crippen LogP contribution < -0.4 is 5.32 Å². The third-order valence-electron chi connectivity index (χ3n) is 4.30. The first-order valence-electron chi connectivity index (χ1n) is 8.20. The van der Waals surface area contributed by atoms with Gasteiger partial charge in [-0.3, -0.25) is 4.79 Å². The number of carbonyl (C=O) groups is 1. The van der Waals surface area contributed by atoms with E-state index in [0.717, 1.165) is 12.8 Å². The van der Waals surface area contributed by atoms with Gasteiger partial charge >= 0.3 is 0 Å². The number of benzene rings is 1. The summed E-state index contributed by atoms with van der Waals surface area (Å²) < 4.78 is 32.0. The molecule has 1 aliphatic rings. The number of nitrogens with zero attached hydrogens (tertiary/aromatic N) is 2. The van der Waals surface area contributed by atoms with Gasteiger partial charge in [-0.15, -0.1) is 0 Å². The van der Waals surface area contributed by atoms with Crippen molar-refractivity contribution in [1.82, 2.24) is 14.8 Å². The van der Waals surface area contributed by atoms with Gasteiger partial charge in [0.15, 0.2) is 0 Å². The minimum Gasteiger partial charge on any atom is -0.361 e. The van der Waals surface area contributed by atoms with E-state index in [4.69, 9.17) is 4.52 Å². The van der Waals surface area contributed by atoms with E-state index in [2.05, 4.69) is 10.5 Å². The van der Waals surface area contributed by atoms with Crippen LogP contribution in [-0.2, 0) is 16.6 Å². The third-order valence-corrected chi connectivity index (χ3v) is 6.31. The van der Waals surface area contributed by atoms with Crippen molar-refractivity contribution in [2.45, 2.75) is 44.2 Å². The molecule has 0 radical (unpaired) electrons. The molecule has 0 saturated carbocycles. The second kappa shape index (κ2) is 6.97. The van der Waals surface area contributed by atoms with Crippen LogP contribution in [0.4, 0.5) is 0 Å². The Morgan fingerprint density at radius 2 is 2.20 bits per heavy atom. The van der Waals surface area contributed by atoms with E-state index >= 15 is 0 Å². The van der Waals surface area contributed by atoms with Gasteiger partial charge in [-0.1, -0.05) is 11.2 Å². The lowest BCUT2D eigenvalue weighted by atomic mass is 10.2. The number of amides is 1. The van der Waals surface area contributed by atoms with Gasteiger partial charge in [0.05, 0.1) is 11.4 Å². The van der Waals surface area contributed by atoms with Crippen LogP contribution in [0.25, 0.3) is 0 Å². The normalized spacial score (nSPS) is 18.4. The van der Waals surface area contributed by atoms with Crippen LogP contribution in [0.1, 0.15) is 41.6 Å². The van der Waals surface area contributed by atoms with Gasteiger partial charge in [0, 0.05) is 24.2 Å². The molecular formula is C17H21N3O4S. The monoisotopic (exact) mass is 363 g/mol. The topological polar surface area (TPSA) is 92.5 Å². The number of nitrogens with one attached hydrogen (secondary N) is 1. The van der Waals surface area contributed by atoms with Crippen LogP contribution in [-0.4, -0.2) is 36.4 Å². The Bertz CT molecular complexity index is 876. The molecule has 3 rings (SSSR count). The van der Waals surface area contributed by atoms with Crippen molar-refractivity contribution in [3.63, 3.8) is 0 Å². The van der Waals surface area contributed by atoms with E-state index in [0.29, 0.717) is 23.6 Å². The molecule has 1 aromatic heterocycles. The van der Waals surface area contributed by atoms with E-state index in [-0.39, 0.29) is 23.4 Å². The average molecular weight is 363 g/mol. The third kappa shape index (κ3) is 3.74. The molecule has 1 amide bonds. The first kappa shape index (κ1) is 17.6. The lowest BCUT2D eigenvalue weighted by Gasteiger charge is -2.21. The molecule has 1 atom stereocenters. The van der Waals surface area contributed by atoms with Gasteiger partial charge in [0.2, 0.25) is 10.0 Å². The quantitative estimate of drug-likeness (QED) is 0.878. The van der Waals surface area contributed by atoms with Crippen LogP contribution in [0.3, 0.4) is 0 Å². The molecule has 0 bridgehead atoms. The molecule has 1 aromatic carbocycles. The summed E-state index contributed by atoms with van der Waals surface area (Å²) in [6, 6.07) is 7.84. The molecule has 0 spiro atoms. The van der Waals surface area contributed by atoms with Gasteiger partial charge in [-0.05, 0) is 44.9 Å². The Labute approximate surface area is 147 Å². The number of aryl methyl sites for hydroxylation is 1. The highest BCUT2D eigenvalue weighted by molar-refractivity contribution is 7.89. The molecule has 0 unspecified atom stereocenters. The van der Waals surface area contributed by atoms with Crippen molar-refractivity contribution >= 4 is 15.9 Å². The Balaban J connectivity index is 1.75. The maximum Gasteiger partial charge on any atom is 0.251 e. The highest BCUT2D eigenvalue weighted by Gasteiger charge is 2.32. The van der Waals surface area contributed by atoms with Gasteiger partial charge in [0.1, 0.15) is 11.5 Å². The Morgan fingerprint density at radius 1 is 1.40 bits per heavy atom. The summed E-state index contributed by atoms with van der Waals surface area (Å²) in [5.74, 6) is 0.309. The van der Waals surface area contributed by atoms with Crippen LogP contribution in [0, 0.1) is 6.92 Å². The number of sulfonamides is 1. The summed E-state index contributed by atoms with van der Waals surface area (Å²) in [7, 11) is -3.58. The van der Waals surface area contributed by atoms with Gasteiger partial charge in [-0.2, -0.15) is 4.31 Å². The maximum atomic E-state index is 12.8. The molecule has 1 fully saturated rings. The van der Waals surface area contributed by atoms with Crippen molar-refractivity contribution < 1.29 is 17.7 Å². The fourth-order valence-corrected chi connectivity index (χ4v) is 4.72. The molecule has 1 saturated heterocycles. The van der Waals surface area contributed by atoms with E-state index in [9.17, 15) is 13.2 Å². The van der Waals surface area contributed by atoms with Crippen LogP contribution in [0.2, 0.25) is 0 Å². The van der Waals surface area contributed by atoms with E-state index in [1.807, 2.05) is 6.92 Å². The van der Waals surface area contributed by atoms with Crippen LogP contribution in [0.5, 0.6) is 0 Å². The van der Waals surface area contributed by atoms with Crippen molar-refractivity contribution in [2.24, 2.45) is 0 Å². The maximum absolute atomic E-state index is 12.8. The lowest BCUT2D eigenvalue weighted by molar-refractivity contribution is 0.0950. The zero-order chi connectivity index (χ0) is 18.0. The van der Waals surface area contributed by atoms with Crippen LogP contribution in [0.15, 0.2) is 39.8 Å². The van der Waals surface area contributed by atoms with Crippen molar-refractivity contribution in [1.29, 1.82) is 0 Å². The van der Waals surface area contributed by atoms with E-state index in [1.165, 1.54) is 16.4 Å². The molecular weight excluding hydrogens is 342 g/mol. The van der Waals surface area contributed by atoms with Crippen molar-refractivity contribution in [2.75, 3.05) is 6.54 Å². The first-order valence-corrected chi connectivity index (χ1v) is 9.64. The molecule has 25 heavy (non-hydrogen) atoms. The Morgan fingerprint density at radius 3 is 2.84 bits per heavy atom. The number of aromatic nitrogens is 1. The smallest absolute Gasteiger partial charge is 0.251 e. The summed E-state index contributed by atoms with van der Waals surface area (Å²) in [6.07, 6.45) is 1.72. The molecule has 134 valence electrons. The molecule has 1 N–H and O–H groups in total. The largest absolute Gasteiger partial charge is 0.361 e. The highest BCUT2D eigenvalue weighted by Crippen LogP contribution is 2.26. The molecule has 7 nitrogen and oxygen atoms in total. The summed E-state index contributed by atoms with van der Waals surface area (Å²) in [5.41, 5.74) is 0.911. The minimum absolute atomic E-state index is 0.0158. The molecule has 2 heterocycles. The zero-order valence-electron chi connectivity index (χ0n) is 14.2. The van der Waals surface area contributed by atoms with E-state index in [1.54, 1.807) is 25.1 Å². The SMILES string of the molecule is Cc1cc(CNC(=O)c2cccc(S(=O)(=O)N3CCC[C@H]3C)c2)no1. The van der Waals surface area contributed by atoms with Crippen molar-refractivity contribution in [3.8, 4) is 0 Å². The highest BCUT2D eigenvalue weighted by atomic mass is 32.2. The summed E-state index contributed by atoms with van der Waals surface area (Å²) in [6.45, 7) is 4.41. The summed E-state index contributed by atoms with van der Waals surface area (Å²) in [4.78, 5) is 12.5. The molecule has 2 aromatic rings. The minimum atomic E-state index is -3.58. The first-order chi connectivity index (χ1) is 11.9. The van der Waals surface area contributed by atoms with E-state index < -0.39 is 10.0 Å². The van der Waals surface area contributed by atoms with Gasteiger partial charge in [-0.25, -0.2) is 8.42 Å². The second-order valence-electron chi connectivity index (χ2n) is 6.25. The lowest BCUT2D eigenvalue weighted by Crippen LogP contribution is -2.33. The van der Waals surface area contributed by atoms with Crippen molar-refractivity contribution in [3.05, 3.63) is 47.3 Å². The Kier molecular flexibility index (Phi) is 4.91. The summed E-state index contributed by atoms with van der Waals surface area (Å²) in [5, 5.41) is 6.52. The van der Waals surface area contributed by atoms with Gasteiger partial charge in [0.25, 0.3) is 5.91 Å². The predicted octanol–water partition coefficient (Wildman–Crippen LogP) is 2.09. The summed E-state index contributed by atoms with van der Waals surface area (Å²) >= 11 is 0. The average Bonchev–Trinajstić information content (AvgIpc) is 3.21. The number of hydrogen-bond acceptors (Lipinski definition) is 5. The Hall–Kier alpha value is -2.19. The second-order valence-corrected chi connectivity index (χ2v) is 8.14. The standard InChI is InChI=1S/C17H21N3O4S/c1-12-5-4-8-20(12)25(22,23)16-7-3-6-14(10-16)17(21)18-11-15-9-13(2)24-19-15/h3,6-7,9-10,12H,4-5,8,11H2,1-2H3,(H,18,21)/t12-/m1/s1. The number of carbonyl (C=O) groups excluding carboxylic acids is 1. The fraction of sp³-hybridized carbons (Fsp3) is 0.412. The molecule has 0 aliphatic carbocycles. The number of rotatable bonds is 5. The number of hydrogen-bond donors (Lipinski definition) is 1. The molecule has 8 heteroatoms. The van der Waals surface area contributed by atoms with Crippen LogP contribution >= 0.6 is 0 Å². The predicted molar refractivity (Wildman–Crippen MR) is 91.4 cm³/mol. The zero-order valence-corrected chi connectivity index (χ0v) is 15.0. The van der Waals surface area contributed by atoms with Gasteiger partial charge < -0.3 is 9.84 Å².